The van der Waals surface area contributed by atoms with E-state index in [0.717, 1.165) is 12.2 Å². The van der Waals surface area contributed by atoms with Crippen LogP contribution in [0.3, 0.4) is 0 Å². The fraction of sp³-hybridized carbons (Fsp3) is 0.143. The Balaban J connectivity index is 2.99. The zero-order chi connectivity index (χ0) is 14.3. The predicted octanol–water partition coefficient (Wildman–Crippen LogP) is 2.08. The average molecular weight is 262 g/mol. The van der Waals surface area contributed by atoms with Crippen LogP contribution < -0.4 is 9.47 Å². The molecule has 0 bridgehead atoms. The standard InChI is InChI=1S/C14H14O5/c1-3-8-19-13-9-10(4-6-12(13)18-2)11(15)5-7-14(16)17/h3-7,9H,1,8H2,2H3,(H,16,17). The van der Waals surface area contributed by atoms with Gasteiger partial charge >= 0.3 is 5.97 Å². The van der Waals surface area contributed by atoms with Crippen LogP contribution in [0.1, 0.15) is 10.4 Å². The molecule has 0 saturated heterocycles. The van der Waals surface area contributed by atoms with E-state index < -0.39 is 11.8 Å². The Bertz CT molecular complexity index is 517. The summed E-state index contributed by atoms with van der Waals surface area (Å²) in [5.41, 5.74) is 0.317. The Morgan fingerprint density at radius 1 is 1.32 bits per heavy atom. The number of aliphatic carboxylic acids is 1. The van der Waals surface area contributed by atoms with E-state index in [1.165, 1.54) is 19.2 Å². The van der Waals surface area contributed by atoms with Gasteiger partial charge in [-0.05, 0) is 24.3 Å². The van der Waals surface area contributed by atoms with Crippen molar-refractivity contribution in [1.82, 2.24) is 0 Å². The molecule has 0 atom stereocenters. The smallest absolute Gasteiger partial charge is 0.328 e. The molecule has 0 amide bonds. The van der Waals surface area contributed by atoms with E-state index >= 15 is 0 Å². The van der Waals surface area contributed by atoms with Crippen molar-refractivity contribution >= 4 is 11.8 Å². The molecule has 0 saturated carbocycles. The minimum absolute atomic E-state index is 0.277. The van der Waals surface area contributed by atoms with Crippen molar-refractivity contribution in [3.8, 4) is 11.5 Å². The van der Waals surface area contributed by atoms with Gasteiger partial charge in [0.2, 0.25) is 0 Å². The van der Waals surface area contributed by atoms with Crippen molar-refractivity contribution in [3.05, 3.63) is 48.6 Å². The van der Waals surface area contributed by atoms with Gasteiger partial charge in [-0.3, -0.25) is 4.79 Å². The number of ether oxygens (including phenoxy) is 2. The van der Waals surface area contributed by atoms with Crippen LogP contribution in [0, 0.1) is 0 Å². The zero-order valence-electron chi connectivity index (χ0n) is 10.5. The van der Waals surface area contributed by atoms with Crippen LogP contribution in [-0.4, -0.2) is 30.6 Å². The number of hydrogen-bond acceptors (Lipinski definition) is 4. The van der Waals surface area contributed by atoms with Crippen molar-refractivity contribution < 1.29 is 24.2 Å². The molecule has 0 spiro atoms. The summed E-state index contributed by atoms with van der Waals surface area (Å²) < 4.78 is 10.5. The number of hydrogen-bond donors (Lipinski definition) is 1. The molecule has 5 heteroatoms. The van der Waals surface area contributed by atoms with E-state index in [1.54, 1.807) is 12.1 Å². The molecule has 0 aliphatic carbocycles. The minimum atomic E-state index is -1.18. The van der Waals surface area contributed by atoms with Gasteiger partial charge in [-0.2, -0.15) is 0 Å². The Labute approximate surface area is 110 Å². The number of carboxylic acids is 1. The number of methoxy groups -OCH3 is 1. The summed E-state index contributed by atoms with van der Waals surface area (Å²) in [5, 5.41) is 8.47. The molecule has 19 heavy (non-hydrogen) atoms. The molecule has 5 nitrogen and oxygen atoms in total. The van der Waals surface area contributed by atoms with Crippen LogP contribution >= 0.6 is 0 Å². The van der Waals surface area contributed by atoms with E-state index in [0.29, 0.717) is 17.1 Å². The third-order valence-corrected chi connectivity index (χ3v) is 2.18. The van der Waals surface area contributed by atoms with E-state index in [4.69, 9.17) is 14.6 Å². The fourth-order valence-electron chi connectivity index (χ4n) is 1.33. The largest absolute Gasteiger partial charge is 0.493 e. The van der Waals surface area contributed by atoms with Gasteiger partial charge in [0.25, 0.3) is 0 Å². The molecule has 1 rings (SSSR count). The van der Waals surface area contributed by atoms with Gasteiger partial charge < -0.3 is 14.6 Å². The van der Waals surface area contributed by atoms with Crippen LogP contribution in [0.4, 0.5) is 0 Å². The first-order valence-electron chi connectivity index (χ1n) is 5.45. The summed E-state index contributed by atoms with van der Waals surface area (Å²) in [5.74, 6) is -0.712. The highest BCUT2D eigenvalue weighted by molar-refractivity contribution is 6.07. The lowest BCUT2D eigenvalue weighted by atomic mass is 10.1. The number of carbonyl (C=O) groups is 2. The van der Waals surface area contributed by atoms with Crippen LogP contribution in [0.2, 0.25) is 0 Å². The van der Waals surface area contributed by atoms with Crippen LogP contribution in [0.5, 0.6) is 11.5 Å². The Kier molecular flexibility index (Phi) is 5.35. The highest BCUT2D eigenvalue weighted by Crippen LogP contribution is 2.28. The quantitative estimate of drug-likeness (QED) is 0.462. The minimum Gasteiger partial charge on any atom is -0.493 e. The highest BCUT2D eigenvalue weighted by atomic mass is 16.5. The maximum absolute atomic E-state index is 11.7. The average Bonchev–Trinajstić information content (AvgIpc) is 2.42. The molecule has 0 heterocycles. The van der Waals surface area contributed by atoms with Gasteiger partial charge in [-0.15, -0.1) is 0 Å². The second-order valence-electron chi connectivity index (χ2n) is 3.50. The second-order valence-corrected chi connectivity index (χ2v) is 3.50. The van der Waals surface area contributed by atoms with Crippen molar-refractivity contribution in [3.63, 3.8) is 0 Å². The van der Waals surface area contributed by atoms with Gasteiger partial charge in [0.1, 0.15) is 6.61 Å². The van der Waals surface area contributed by atoms with Crippen molar-refractivity contribution in [2.75, 3.05) is 13.7 Å². The number of carbonyl (C=O) groups excluding carboxylic acids is 1. The molecule has 0 aromatic heterocycles. The van der Waals surface area contributed by atoms with E-state index in [2.05, 4.69) is 6.58 Å². The number of allylic oxidation sites excluding steroid dienone is 1. The Morgan fingerprint density at radius 3 is 2.63 bits per heavy atom. The maximum Gasteiger partial charge on any atom is 0.328 e. The number of carboxylic acid groups (broad SMARTS) is 1. The van der Waals surface area contributed by atoms with Gasteiger partial charge in [0.05, 0.1) is 7.11 Å². The molecule has 1 aromatic rings. The summed E-state index contributed by atoms with van der Waals surface area (Å²) in [6.07, 6.45) is 3.34. The predicted molar refractivity (Wildman–Crippen MR) is 69.8 cm³/mol. The van der Waals surface area contributed by atoms with Gasteiger partial charge in [0, 0.05) is 11.6 Å². The third kappa shape index (κ3) is 4.31. The molecule has 1 N–H and O–H groups in total. The summed E-state index contributed by atoms with van der Waals surface area (Å²) in [7, 11) is 1.49. The lowest BCUT2D eigenvalue weighted by Gasteiger charge is -2.10. The lowest BCUT2D eigenvalue weighted by molar-refractivity contribution is -0.131. The molecular weight excluding hydrogens is 248 g/mol. The molecule has 0 unspecified atom stereocenters. The molecule has 0 aliphatic heterocycles. The van der Waals surface area contributed by atoms with E-state index in [1.807, 2.05) is 0 Å². The first-order valence-corrected chi connectivity index (χ1v) is 5.45. The lowest BCUT2D eigenvalue weighted by Crippen LogP contribution is -2.01. The van der Waals surface area contributed by atoms with Gasteiger partial charge in [0.15, 0.2) is 17.3 Å². The molecule has 100 valence electrons. The number of rotatable bonds is 7. The second kappa shape index (κ2) is 7.00. The monoisotopic (exact) mass is 262 g/mol. The normalized spacial score (nSPS) is 10.2. The first kappa shape index (κ1) is 14.5. The van der Waals surface area contributed by atoms with Gasteiger partial charge in [-0.1, -0.05) is 12.7 Å². The highest BCUT2D eigenvalue weighted by Gasteiger charge is 2.09. The maximum atomic E-state index is 11.7. The van der Waals surface area contributed by atoms with E-state index in [-0.39, 0.29) is 6.61 Å². The summed E-state index contributed by atoms with van der Waals surface area (Å²) >= 11 is 0. The fourth-order valence-corrected chi connectivity index (χ4v) is 1.33. The van der Waals surface area contributed by atoms with Crippen molar-refractivity contribution in [2.45, 2.75) is 0 Å². The molecule has 0 radical (unpaired) electrons. The van der Waals surface area contributed by atoms with Crippen molar-refractivity contribution in [2.24, 2.45) is 0 Å². The molecular formula is C14H14O5. The summed E-state index contributed by atoms with van der Waals surface area (Å²) in [6.45, 7) is 3.81. The molecule has 0 aliphatic rings. The van der Waals surface area contributed by atoms with E-state index in [9.17, 15) is 9.59 Å². The topological polar surface area (TPSA) is 72.8 Å². The van der Waals surface area contributed by atoms with Gasteiger partial charge in [-0.25, -0.2) is 4.79 Å². The SMILES string of the molecule is C=CCOc1cc(C(=O)C=CC(=O)O)ccc1OC. The third-order valence-electron chi connectivity index (χ3n) is 2.18. The summed E-state index contributed by atoms with van der Waals surface area (Å²) in [4.78, 5) is 22.1. The van der Waals surface area contributed by atoms with Crippen LogP contribution in [-0.2, 0) is 4.79 Å². The van der Waals surface area contributed by atoms with Crippen LogP contribution in [0.25, 0.3) is 0 Å². The summed E-state index contributed by atoms with van der Waals surface area (Å²) in [6, 6.07) is 4.62. The first-order chi connectivity index (χ1) is 9.08. The Morgan fingerprint density at radius 2 is 2.05 bits per heavy atom. The Hall–Kier alpha value is -2.56. The number of benzene rings is 1. The van der Waals surface area contributed by atoms with Crippen LogP contribution in [0.15, 0.2) is 43.0 Å². The number of ketones is 1. The van der Waals surface area contributed by atoms with Crippen molar-refractivity contribution in [1.29, 1.82) is 0 Å². The molecule has 0 fully saturated rings. The zero-order valence-corrected chi connectivity index (χ0v) is 10.5. The molecule has 1 aromatic carbocycles.